The lowest BCUT2D eigenvalue weighted by molar-refractivity contribution is 1.07. The Morgan fingerprint density at radius 1 is 0.347 bits per heavy atom. The molecular weight excluding hydrogens is 601 g/mol. The number of nitrogens with zero attached hydrogens (tertiary/aromatic N) is 6. The molecule has 0 radical (unpaired) electrons. The van der Waals surface area contributed by atoms with Gasteiger partial charge in [-0.15, -0.1) is 0 Å². The zero-order chi connectivity index (χ0) is 32.6. The van der Waals surface area contributed by atoms with E-state index in [0.717, 1.165) is 61.1 Å². The number of hydrogen-bond donors (Lipinski definition) is 0. The molecule has 0 N–H and O–H groups in total. The predicted octanol–water partition coefficient (Wildman–Crippen LogP) is 10.1. The topological polar surface area (TPSA) is 69.4 Å². The van der Waals surface area contributed by atoms with Gasteiger partial charge in [0.05, 0.1) is 16.7 Å². The van der Waals surface area contributed by atoms with Crippen LogP contribution in [-0.4, -0.2) is 29.5 Å². The molecule has 230 valence electrons. The van der Waals surface area contributed by atoms with Gasteiger partial charge in [-0.05, 0) is 24.3 Å². The first kappa shape index (κ1) is 28.4. The van der Waals surface area contributed by atoms with Crippen LogP contribution in [0.25, 0.3) is 84.4 Å². The van der Waals surface area contributed by atoms with E-state index in [9.17, 15) is 0 Å². The van der Waals surface area contributed by atoms with Gasteiger partial charge in [0, 0.05) is 38.9 Å². The van der Waals surface area contributed by atoms with Crippen LogP contribution in [0.5, 0.6) is 0 Å². The average molecular weight is 629 g/mol. The van der Waals surface area contributed by atoms with E-state index in [4.69, 9.17) is 24.9 Å². The highest BCUT2D eigenvalue weighted by Crippen LogP contribution is 2.38. The Morgan fingerprint density at radius 3 is 1.39 bits per heavy atom. The van der Waals surface area contributed by atoms with Crippen molar-refractivity contribution < 1.29 is 0 Å². The summed E-state index contributed by atoms with van der Waals surface area (Å²) in [4.78, 5) is 25.4. The highest BCUT2D eigenvalue weighted by molar-refractivity contribution is 6.11. The van der Waals surface area contributed by atoms with Crippen molar-refractivity contribution in [2.45, 2.75) is 0 Å². The Morgan fingerprint density at radius 2 is 0.796 bits per heavy atom. The second kappa shape index (κ2) is 12.1. The molecule has 9 rings (SSSR count). The van der Waals surface area contributed by atoms with E-state index < -0.39 is 0 Å². The molecule has 0 saturated carbocycles. The Hall–Kier alpha value is -6.79. The third-order valence-corrected chi connectivity index (χ3v) is 8.65. The first-order chi connectivity index (χ1) is 24.3. The molecule has 6 nitrogen and oxygen atoms in total. The maximum absolute atomic E-state index is 5.30. The smallest absolute Gasteiger partial charge is 0.164 e. The molecule has 3 aromatic heterocycles. The van der Waals surface area contributed by atoms with Crippen LogP contribution in [0.4, 0.5) is 0 Å². The molecule has 0 unspecified atom stereocenters. The number of para-hydroxylation sites is 2. The molecular formula is C43H28N6. The van der Waals surface area contributed by atoms with Crippen molar-refractivity contribution in [1.82, 2.24) is 29.5 Å². The molecule has 0 amide bonds. The molecule has 9 aromatic rings. The van der Waals surface area contributed by atoms with Gasteiger partial charge in [0.25, 0.3) is 0 Å². The Kier molecular flexibility index (Phi) is 7.02. The molecule has 49 heavy (non-hydrogen) atoms. The van der Waals surface area contributed by atoms with Crippen LogP contribution < -0.4 is 0 Å². The zero-order valence-corrected chi connectivity index (χ0v) is 26.3. The summed E-state index contributed by atoms with van der Waals surface area (Å²) in [6, 6.07) is 57.4. The zero-order valence-electron chi connectivity index (χ0n) is 26.3. The summed E-state index contributed by atoms with van der Waals surface area (Å²) in [6.45, 7) is 0. The third kappa shape index (κ3) is 5.22. The van der Waals surface area contributed by atoms with Gasteiger partial charge in [-0.25, -0.2) is 24.9 Å². The number of hydrogen-bond acceptors (Lipinski definition) is 5. The van der Waals surface area contributed by atoms with Crippen molar-refractivity contribution in [1.29, 1.82) is 0 Å². The third-order valence-electron chi connectivity index (χ3n) is 8.65. The minimum atomic E-state index is 0.590. The van der Waals surface area contributed by atoms with E-state index in [1.807, 2.05) is 97.1 Å². The first-order valence-electron chi connectivity index (χ1n) is 16.2. The Bertz CT molecular complexity index is 2520. The van der Waals surface area contributed by atoms with Crippen LogP contribution in [0, 0.1) is 0 Å². The van der Waals surface area contributed by atoms with Crippen LogP contribution in [0.1, 0.15) is 0 Å². The van der Waals surface area contributed by atoms with Gasteiger partial charge >= 0.3 is 0 Å². The van der Waals surface area contributed by atoms with Gasteiger partial charge in [0.1, 0.15) is 5.52 Å². The number of fused-ring (bicyclic) bond motifs is 3. The van der Waals surface area contributed by atoms with Crippen LogP contribution in [-0.2, 0) is 0 Å². The van der Waals surface area contributed by atoms with Crippen molar-refractivity contribution >= 4 is 21.9 Å². The lowest BCUT2D eigenvalue weighted by Crippen LogP contribution is -2.01. The summed E-state index contributed by atoms with van der Waals surface area (Å²) >= 11 is 0. The molecule has 0 aliphatic carbocycles. The van der Waals surface area contributed by atoms with E-state index in [1.165, 1.54) is 0 Å². The highest BCUT2D eigenvalue weighted by Gasteiger charge is 2.21. The number of benzene rings is 6. The molecule has 0 fully saturated rings. The van der Waals surface area contributed by atoms with Crippen molar-refractivity contribution in [2.24, 2.45) is 0 Å². The van der Waals surface area contributed by atoms with Crippen LogP contribution in [0.2, 0.25) is 0 Å². The fraction of sp³-hybridized carbons (Fsp3) is 0. The summed E-state index contributed by atoms with van der Waals surface area (Å²) in [6.07, 6.45) is 0. The second-order valence-electron chi connectivity index (χ2n) is 11.8. The second-order valence-corrected chi connectivity index (χ2v) is 11.8. The number of aromatic nitrogens is 6. The SMILES string of the molecule is c1ccc(-c2nc(-c3ccccc3)nc(-c3cccc(-c4nc(-c5ccccc5)nc5c6ccccc6n(-c6ccccc6)c45)c3)n2)cc1. The van der Waals surface area contributed by atoms with Gasteiger partial charge in [0.15, 0.2) is 23.3 Å². The summed E-state index contributed by atoms with van der Waals surface area (Å²) < 4.78 is 2.27. The normalized spacial score (nSPS) is 11.3. The minimum Gasteiger partial charge on any atom is -0.306 e. The molecule has 0 spiro atoms. The van der Waals surface area contributed by atoms with Crippen molar-refractivity contribution in [2.75, 3.05) is 0 Å². The van der Waals surface area contributed by atoms with E-state index in [2.05, 4.69) is 77.4 Å². The van der Waals surface area contributed by atoms with Gasteiger partial charge < -0.3 is 4.57 Å². The van der Waals surface area contributed by atoms with Crippen molar-refractivity contribution in [3.05, 3.63) is 170 Å². The molecule has 6 heteroatoms. The fourth-order valence-electron chi connectivity index (χ4n) is 6.35. The van der Waals surface area contributed by atoms with E-state index >= 15 is 0 Å². The largest absolute Gasteiger partial charge is 0.306 e. The first-order valence-corrected chi connectivity index (χ1v) is 16.2. The fourth-order valence-corrected chi connectivity index (χ4v) is 6.35. The van der Waals surface area contributed by atoms with Gasteiger partial charge in [-0.3, -0.25) is 0 Å². The van der Waals surface area contributed by atoms with Crippen LogP contribution in [0.3, 0.4) is 0 Å². The maximum atomic E-state index is 5.30. The van der Waals surface area contributed by atoms with Crippen LogP contribution in [0.15, 0.2) is 170 Å². The minimum absolute atomic E-state index is 0.590. The standard InChI is InChI=1S/C43H28N6/c1-5-16-29(17-6-1)40-44-37(39-38(45-40)35-26-13-14-27-36(35)49(39)34-24-11-4-12-25-34)32-22-15-23-33(28-32)43-47-41(30-18-7-2-8-19-30)46-42(48-43)31-20-9-3-10-21-31/h1-28H. The van der Waals surface area contributed by atoms with Crippen molar-refractivity contribution in [3.8, 4) is 62.5 Å². The Balaban J connectivity index is 1.31. The van der Waals surface area contributed by atoms with Gasteiger partial charge in [-0.1, -0.05) is 146 Å². The van der Waals surface area contributed by atoms with E-state index in [1.54, 1.807) is 0 Å². The molecule has 0 saturated heterocycles. The summed E-state index contributed by atoms with van der Waals surface area (Å²) in [5, 5.41) is 1.07. The highest BCUT2D eigenvalue weighted by atomic mass is 15.0. The van der Waals surface area contributed by atoms with E-state index in [0.29, 0.717) is 23.3 Å². The molecule has 6 aromatic carbocycles. The molecule has 0 aliphatic rings. The molecule has 0 aliphatic heterocycles. The lowest BCUT2D eigenvalue weighted by atomic mass is 10.0. The Labute approximate surface area is 283 Å². The quantitative estimate of drug-likeness (QED) is 0.183. The van der Waals surface area contributed by atoms with Crippen LogP contribution >= 0.6 is 0 Å². The molecule has 0 bridgehead atoms. The van der Waals surface area contributed by atoms with Crippen molar-refractivity contribution in [3.63, 3.8) is 0 Å². The predicted molar refractivity (Wildman–Crippen MR) is 197 cm³/mol. The summed E-state index contributed by atoms with van der Waals surface area (Å²) in [7, 11) is 0. The molecule has 3 heterocycles. The molecule has 0 atom stereocenters. The van der Waals surface area contributed by atoms with E-state index in [-0.39, 0.29) is 0 Å². The summed E-state index contributed by atoms with van der Waals surface area (Å²) in [5.74, 6) is 2.50. The number of rotatable bonds is 6. The monoisotopic (exact) mass is 628 g/mol. The summed E-state index contributed by atoms with van der Waals surface area (Å²) in [5.41, 5.74) is 9.38. The van der Waals surface area contributed by atoms with Gasteiger partial charge in [0.2, 0.25) is 0 Å². The van der Waals surface area contributed by atoms with Gasteiger partial charge in [-0.2, -0.15) is 0 Å². The maximum Gasteiger partial charge on any atom is 0.164 e. The lowest BCUT2D eigenvalue weighted by Gasteiger charge is -2.13. The average Bonchev–Trinajstić information content (AvgIpc) is 3.53.